The first-order valence-electron chi connectivity index (χ1n) is 6.60. The van der Waals surface area contributed by atoms with Gasteiger partial charge in [0.05, 0.1) is 0 Å². The lowest BCUT2D eigenvalue weighted by molar-refractivity contribution is -0.142. The van der Waals surface area contributed by atoms with E-state index in [1.165, 1.54) is 0 Å². The van der Waals surface area contributed by atoms with Crippen LogP contribution in [0.25, 0.3) is 0 Å². The summed E-state index contributed by atoms with van der Waals surface area (Å²) in [6.07, 6.45) is 5.18. The van der Waals surface area contributed by atoms with Crippen LogP contribution in [0.3, 0.4) is 0 Å². The van der Waals surface area contributed by atoms with Crippen LogP contribution in [0.15, 0.2) is 12.4 Å². The van der Waals surface area contributed by atoms with Gasteiger partial charge in [-0.1, -0.05) is 0 Å². The van der Waals surface area contributed by atoms with Gasteiger partial charge in [0.2, 0.25) is 5.95 Å². The number of carboxylic acids is 1. The summed E-state index contributed by atoms with van der Waals surface area (Å²) in [4.78, 5) is 21.5. The molecule has 0 radical (unpaired) electrons. The van der Waals surface area contributed by atoms with Crippen molar-refractivity contribution in [3.63, 3.8) is 0 Å². The molecule has 0 saturated carbocycles. The summed E-state index contributed by atoms with van der Waals surface area (Å²) in [5.41, 5.74) is 0.947. The molecule has 104 valence electrons. The molecule has 6 heteroatoms. The number of aromatic nitrogens is 2. The van der Waals surface area contributed by atoms with Gasteiger partial charge in [-0.2, -0.15) is 0 Å². The minimum absolute atomic E-state index is 0.292. The van der Waals surface area contributed by atoms with Crippen LogP contribution in [-0.4, -0.2) is 44.6 Å². The minimum Gasteiger partial charge on any atom is -0.480 e. The third-order valence-corrected chi connectivity index (χ3v) is 3.16. The fourth-order valence-corrected chi connectivity index (χ4v) is 2.30. The van der Waals surface area contributed by atoms with Gasteiger partial charge in [-0.15, -0.1) is 0 Å². The predicted octanol–water partition coefficient (Wildman–Crippen LogP) is 1.35. The van der Waals surface area contributed by atoms with Crippen molar-refractivity contribution in [2.75, 3.05) is 11.9 Å². The van der Waals surface area contributed by atoms with Crippen LogP contribution in [-0.2, 0) is 11.3 Å². The lowest BCUT2D eigenvalue weighted by Crippen LogP contribution is -2.35. The number of anilines is 1. The number of likely N-dealkylation sites (tertiary alicyclic amines) is 1. The number of hydrogen-bond acceptors (Lipinski definition) is 5. The molecule has 1 saturated heterocycles. The Labute approximate surface area is 112 Å². The minimum atomic E-state index is -0.739. The molecule has 6 nitrogen and oxygen atoms in total. The first-order chi connectivity index (χ1) is 9.06. The van der Waals surface area contributed by atoms with E-state index in [4.69, 9.17) is 5.11 Å². The topological polar surface area (TPSA) is 78.4 Å². The molecular weight excluding hydrogens is 244 g/mol. The molecule has 0 aliphatic carbocycles. The van der Waals surface area contributed by atoms with E-state index in [0.717, 1.165) is 24.9 Å². The van der Waals surface area contributed by atoms with E-state index < -0.39 is 5.97 Å². The van der Waals surface area contributed by atoms with Gasteiger partial charge in [0, 0.05) is 30.5 Å². The van der Waals surface area contributed by atoms with E-state index in [-0.39, 0.29) is 6.04 Å². The maximum atomic E-state index is 11.1. The molecule has 2 N–H and O–H groups in total. The van der Waals surface area contributed by atoms with Gasteiger partial charge in [-0.25, -0.2) is 9.97 Å². The summed E-state index contributed by atoms with van der Waals surface area (Å²) < 4.78 is 0. The van der Waals surface area contributed by atoms with Crippen LogP contribution >= 0.6 is 0 Å². The largest absolute Gasteiger partial charge is 0.480 e. The number of rotatable bonds is 5. The average Bonchev–Trinajstić information content (AvgIpc) is 2.79. The van der Waals surface area contributed by atoms with Crippen molar-refractivity contribution in [3.8, 4) is 0 Å². The zero-order valence-electron chi connectivity index (χ0n) is 11.3. The summed E-state index contributed by atoms with van der Waals surface area (Å²) in [5, 5.41) is 12.2. The van der Waals surface area contributed by atoms with E-state index in [1.54, 1.807) is 12.4 Å². The highest BCUT2D eigenvalue weighted by atomic mass is 16.4. The van der Waals surface area contributed by atoms with E-state index in [2.05, 4.69) is 15.3 Å². The second-order valence-corrected chi connectivity index (χ2v) is 5.18. The first-order valence-corrected chi connectivity index (χ1v) is 6.60. The van der Waals surface area contributed by atoms with Gasteiger partial charge in [0.25, 0.3) is 0 Å². The number of nitrogens with zero attached hydrogens (tertiary/aromatic N) is 3. The summed E-state index contributed by atoms with van der Waals surface area (Å²) >= 11 is 0. The molecule has 2 rings (SSSR count). The van der Waals surface area contributed by atoms with Crippen LogP contribution in [0.4, 0.5) is 5.95 Å². The smallest absolute Gasteiger partial charge is 0.320 e. The maximum absolute atomic E-state index is 11.1. The van der Waals surface area contributed by atoms with Crippen LogP contribution in [0.2, 0.25) is 0 Å². The molecule has 0 amide bonds. The quantitative estimate of drug-likeness (QED) is 0.835. The summed E-state index contributed by atoms with van der Waals surface area (Å²) in [6.45, 7) is 5.47. The molecule has 1 fully saturated rings. The van der Waals surface area contributed by atoms with Gasteiger partial charge in [0.1, 0.15) is 6.04 Å². The van der Waals surface area contributed by atoms with E-state index >= 15 is 0 Å². The summed E-state index contributed by atoms with van der Waals surface area (Å²) in [6, 6.07) is -0.0747. The molecule has 1 aromatic rings. The van der Waals surface area contributed by atoms with Crippen LogP contribution in [0.5, 0.6) is 0 Å². The highest BCUT2D eigenvalue weighted by Crippen LogP contribution is 2.19. The number of aliphatic carboxylic acids is 1. The molecule has 0 bridgehead atoms. The van der Waals surface area contributed by atoms with Crippen molar-refractivity contribution < 1.29 is 9.90 Å². The van der Waals surface area contributed by atoms with Crippen LogP contribution in [0.1, 0.15) is 32.3 Å². The number of nitrogens with one attached hydrogen (secondary N) is 1. The molecule has 0 aromatic carbocycles. The lowest BCUT2D eigenvalue weighted by atomic mass is 10.2. The summed E-state index contributed by atoms with van der Waals surface area (Å²) in [5.74, 6) is -0.133. The van der Waals surface area contributed by atoms with Gasteiger partial charge >= 0.3 is 5.97 Å². The van der Waals surface area contributed by atoms with Gasteiger partial charge in [-0.05, 0) is 33.2 Å². The molecule has 0 spiro atoms. The summed E-state index contributed by atoms with van der Waals surface area (Å²) in [7, 11) is 0. The standard InChI is InChI=1S/C13H20N4O2/c1-9(2)16-13-14-6-10(7-15-13)8-17-5-3-4-11(17)12(18)19/h6-7,9,11H,3-5,8H2,1-2H3,(H,18,19)(H,14,15,16)/t11-/m0/s1. The molecule has 0 unspecified atom stereocenters. The van der Waals surface area contributed by atoms with E-state index in [0.29, 0.717) is 18.5 Å². The Kier molecular flexibility index (Phi) is 4.31. The van der Waals surface area contributed by atoms with Crippen molar-refractivity contribution in [3.05, 3.63) is 18.0 Å². The van der Waals surface area contributed by atoms with Gasteiger partial charge in [0.15, 0.2) is 0 Å². The third kappa shape index (κ3) is 3.64. The van der Waals surface area contributed by atoms with E-state index in [9.17, 15) is 4.79 Å². The Morgan fingerprint density at radius 3 is 2.79 bits per heavy atom. The zero-order valence-corrected chi connectivity index (χ0v) is 11.3. The van der Waals surface area contributed by atoms with Crippen molar-refractivity contribution in [1.82, 2.24) is 14.9 Å². The zero-order chi connectivity index (χ0) is 13.8. The molecule has 1 aliphatic heterocycles. The van der Waals surface area contributed by atoms with Crippen molar-refractivity contribution >= 4 is 11.9 Å². The molecule has 2 heterocycles. The van der Waals surface area contributed by atoms with Gasteiger partial charge in [-0.3, -0.25) is 9.69 Å². The van der Waals surface area contributed by atoms with Crippen molar-refractivity contribution in [2.45, 2.75) is 45.3 Å². The number of carbonyl (C=O) groups is 1. The highest BCUT2D eigenvalue weighted by Gasteiger charge is 2.30. The second-order valence-electron chi connectivity index (χ2n) is 5.18. The fraction of sp³-hybridized carbons (Fsp3) is 0.615. The first kappa shape index (κ1) is 13.7. The highest BCUT2D eigenvalue weighted by molar-refractivity contribution is 5.73. The predicted molar refractivity (Wildman–Crippen MR) is 71.9 cm³/mol. The SMILES string of the molecule is CC(C)Nc1ncc(CN2CCC[C@H]2C(=O)O)cn1. The Morgan fingerprint density at radius 2 is 2.21 bits per heavy atom. The van der Waals surface area contributed by atoms with E-state index in [1.807, 2.05) is 18.7 Å². The second kappa shape index (κ2) is 5.97. The molecular formula is C13H20N4O2. The fourth-order valence-electron chi connectivity index (χ4n) is 2.30. The van der Waals surface area contributed by atoms with Crippen LogP contribution in [0, 0.1) is 0 Å². The molecule has 19 heavy (non-hydrogen) atoms. The number of hydrogen-bond donors (Lipinski definition) is 2. The molecule has 1 aromatic heterocycles. The number of carboxylic acid groups (broad SMARTS) is 1. The maximum Gasteiger partial charge on any atom is 0.320 e. The van der Waals surface area contributed by atoms with Crippen molar-refractivity contribution in [1.29, 1.82) is 0 Å². The molecule has 1 aliphatic rings. The Balaban J connectivity index is 1.97. The van der Waals surface area contributed by atoms with Crippen molar-refractivity contribution in [2.24, 2.45) is 0 Å². The monoisotopic (exact) mass is 264 g/mol. The third-order valence-electron chi connectivity index (χ3n) is 3.16. The lowest BCUT2D eigenvalue weighted by Gasteiger charge is -2.20. The average molecular weight is 264 g/mol. The molecule has 1 atom stereocenters. The Hall–Kier alpha value is -1.69. The Morgan fingerprint density at radius 1 is 1.53 bits per heavy atom. The Bertz CT molecular complexity index is 433. The van der Waals surface area contributed by atoms with Gasteiger partial charge < -0.3 is 10.4 Å². The normalized spacial score (nSPS) is 19.8. The van der Waals surface area contributed by atoms with Crippen LogP contribution < -0.4 is 5.32 Å².